The fourth-order valence-corrected chi connectivity index (χ4v) is 3.72. The van der Waals surface area contributed by atoms with Gasteiger partial charge in [0.05, 0.1) is 9.46 Å². The second-order valence-corrected chi connectivity index (χ2v) is 6.36. The third-order valence-electron chi connectivity index (χ3n) is 2.56. The van der Waals surface area contributed by atoms with Crippen LogP contribution < -0.4 is 5.32 Å². The van der Waals surface area contributed by atoms with E-state index in [9.17, 15) is 4.79 Å². The summed E-state index contributed by atoms with van der Waals surface area (Å²) in [6.45, 7) is 5.52. The summed E-state index contributed by atoms with van der Waals surface area (Å²) in [5.41, 5.74) is 0. The minimum Gasteiger partial charge on any atom is -0.339 e. The highest BCUT2D eigenvalue weighted by Gasteiger charge is 2.22. The lowest BCUT2D eigenvalue weighted by Crippen LogP contribution is -2.48. The first-order chi connectivity index (χ1) is 7.77. The average Bonchev–Trinajstić information content (AvgIpc) is 2.82. The molecule has 0 aromatic carbocycles. The zero-order valence-corrected chi connectivity index (χ0v) is 10.9. The highest BCUT2D eigenvalue weighted by Crippen LogP contribution is 2.28. The molecule has 2 rings (SSSR count). The number of carbonyl (C=O) groups excluding carboxylic acids is 1. The van der Waals surface area contributed by atoms with Crippen LogP contribution in [0.4, 0.5) is 0 Å². The summed E-state index contributed by atoms with van der Waals surface area (Å²) < 4.78 is 1.22. The molecule has 1 aromatic heterocycles. The third kappa shape index (κ3) is 2.99. The van der Waals surface area contributed by atoms with E-state index in [1.807, 2.05) is 23.3 Å². The van der Waals surface area contributed by atoms with Gasteiger partial charge in [0.2, 0.25) is 5.91 Å². The Bertz CT molecular complexity index is 334. The number of hydrogen-bond donors (Lipinski definition) is 1. The molecule has 16 heavy (non-hydrogen) atoms. The van der Waals surface area contributed by atoms with Gasteiger partial charge < -0.3 is 10.2 Å². The summed E-state index contributed by atoms with van der Waals surface area (Å²) in [6.07, 6.45) is 0. The largest absolute Gasteiger partial charge is 0.339 e. The Balaban J connectivity index is 1.88. The van der Waals surface area contributed by atoms with Crippen molar-refractivity contribution in [1.82, 2.24) is 10.2 Å². The Morgan fingerprint density at radius 3 is 2.94 bits per heavy atom. The molecule has 0 bridgehead atoms. The van der Waals surface area contributed by atoms with Crippen molar-refractivity contribution >= 4 is 29.0 Å². The zero-order chi connectivity index (χ0) is 11.4. The van der Waals surface area contributed by atoms with Gasteiger partial charge in [0.15, 0.2) is 0 Å². The summed E-state index contributed by atoms with van der Waals surface area (Å²) in [6, 6.07) is 4.09. The molecule has 1 N–H and O–H groups in total. The van der Waals surface area contributed by atoms with Crippen LogP contribution in [-0.4, -0.2) is 42.2 Å². The van der Waals surface area contributed by atoms with Crippen molar-refractivity contribution in [3.05, 3.63) is 17.5 Å². The van der Waals surface area contributed by atoms with Crippen molar-refractivity contribution < 1.29 is 4.79 Å². The van der Waals surface area contributed by atoms with Gasteiger partial charge in [-0.1, -0.05) is 6.07 Å². The van der Waals surface area contributed by atoms with Gasteiger partial charge >= 0.3 is 0 Å². The van der Waals surface area contributed by atoms with Crippen LogP contribution in [0.5, 0.6) is 0 Å². The third-order valence-corrected chi connectivity index (χ3v) is 4.73. The summed E-state index contributed by atoms with van der Waals surface area (Å²) in [7, 11) is 0. The molecule has 88 valence electrons. The fourth-order valence-electron chi connectivity index (χ4n) is 1.70. The average molecular weight is 256 g/mol. The van der Waals surface area contributed by atoms with Crippen molar-refractivity contribution in [2.45, 2.75) is 16.4 Å². The van der Waals surface area contributed by atoms with Crippen LogP contribution in [0, 0.1) is 0 Å². The van der Waals surface area contributed by atoms with Crippen molar-refractivity contribution in [3.8, 4) is 0 Å². The molecule has 1 aliphatic heterocycles. The molecule has 5 heteroatoms. The van der Waals surface area contributed by atoms with E-state index in [2.05, 4.69) is 11.4 Å². The highest BCUT2D eigenvalue weighted by molar-refractivity contribution is 8.02. The van der Waals surface area contributed by atoms with Crippen molar-refractivity contribution in [2.24, 2.45) is 0 Å². The quantitative estimate of drug-likeness (QED) is 0.835. The fraction of sp³-hybridized carbons (Fsp3) is 0.545. The molecule has 1 aliphatic rings. The minimum atomic E-state index is 0.0248. The van der Waals surface area contributed by atoms with E-state index in [4.69, 9.17) is 0 Å². The van der Waals surface area contributed by atoms with Crippen LogP contribution in [0.3, 0.4) is 0 Å². The highest BCUT2D eigenvalue weighted by atomic mass is 32.2. The van der Waals surface area contributed by atoms with E-state index in [1.165, 1.54) is 4.21 Å². The van der Waals surface area contributed by atoms with Gasteiger partial charge in [0.1, 0.15) is 0 Å². The first-order valence-corrected chi connectivity index (χ1v) is 7.23. The summed E-state index contributed by atoms with van der Waals surface area (Å²) >= 11 is 3.35. The van der Waals surface area contributed by atoms with Crippen molar-refractivity contribution in [3.63, 3.8) is 0 Å². The lowest BCUT2D eigenvalue weighted by Gasteiger charge is -2.29. The molecule has 1 aromatic rings. The molecule has 2 heterocycles. The second-order valence-electron chi connectivity index (χ2n) is 3.77. The summed E-state index contributed by atoms with van der Waals surface area (Å²) in [5.74, 6) is 0.264. The normalized spacial score (nSPS) is 18.4. The molecular weight excluding hydrogens is 240 g/mol. The number of hydrogen-bond acceptors (Lipinski definition) is 4. The molecule has 0 aliphatic carbocycles. The molecule has 0 saturated carbocycles. The number of piperazine rings is 1. The maximum Gasteiger partial charge on any atom is 0.235 e. The van der Waals surface area contributed by atoms with Crippen LogP contribution >= 0.6 is 23.1 Å². The number of amides is 1. The van der Waals surface area contributed by atoms with Crippen LogP contribution in [0.25, 0.3) is 0 Å². The lowest BCUT2D eigenvalue weighted by atomic mass is 10.3. The molecule has 1 unspecified atom stereocenters. The van der Waals surface area contributed by atoms with Crippen molar-refractivity contribution in [2.75, 3.05) is 26.2 Å². The topological polar surface area (TPSA) is 32.3 Å². The van der Waals surface area contributed by atoms with Crippen molar-refractivity contribution in [1.29, 1.82) is 0 Å². The number of rotatable bonds is 3. The molecule has 0 radical (unpaired) electrons. The summed E-state index contributed by atoms with van der Waals surface area (Å²) in [5, 5.41) is 5.33. The monoisotopic (exact) mass is 256 g/mol. The predicted molar refractivity (Wildman–Crippen MR) is 69.1 cm³/mol. The first kappa shape index (κ1) is 12.0. The van der Waals surface area contributed by atoms with Gasteiger partial charge in [-0.3, -0.25) is 4.79 Å². The van der Waals surface area contributed by atoms with Crippen LogP contribution in [0.1, 0.15) is 6.92 Å². The van der Waals surface area contributed by atoms with E-state index >= 15 is 0 Å². The number of carbonyl (C=O) groups is 1. The van der Waals surface area contributed by atoms with E-state index in [1.54, 1.807) is 23.1 Å². The van der Waals surface area contributed by atoms with E-state index in [0.717, 1.165) is 26.2 Å². The molecule has 1 amide bonds. The van der Waals surface area contributed by atoms with E-state index in [0.29, 0.717) is 0 Å². The molecule has 1 saturated heterocycles. The molecule has 1 fully saturated rings. The van der Waals surface area contributed by atoms with Gasteiger partial charge in [-0.2, -0.15) is 0 Å². The molecule has 3 nitrogen and oxygen atoms in total. The van der Waals surface area contributed by atoms with Gasteiger partial charge in [0.25, 0.3) is 0 Å². The predicted octanol–water partition coefficient (Wildman–Crippen LogP) is 1.66. The Hall–Kier alpha value is -0.520. The molecular formula is C11H16N2OS2. The van der Waals surface area contributed by atoms with E-state index in [-0.39, 0.29) is 11.2 Å². The number of nitrogens with one attached hydrogen (secondary N) is 1. The SMILES string of the molecule is CC(Sc1cccs1)C(=O)N1CCNCC1. The Kier molecular flexibility index (Phi) is 4.26. The van der Waals surface area contributed by atoms with Crippen LogP contribution in [0.15, 0.2) is 21.7 Å². The number of nitrogens with zero attached hydrogens (tertiary/aromatic N) is 1. The second kappa shape index (κ2) is 5.70. The Morgan fingerprint density at radius 1 is 1.56 bits per heavy atom. The van der Waals surface area contributed by atoms with Gasteiger partial charge in [-0.25, -0.2) is 0 Å². The van der Waals surface area contributed by atoms with Gasteiger partial charge in [0, 0.05) is 26.2 Å². The maximum atomic E-state index is 12.1. The maximum absolute atomic E-state index is 12.1. The number of thiophene rings is 1. The standard InChI is InChI=1S/C11H16N2OS2/c1-9(16-10-3-2-8-15-10)11(14)13-6-4-12-5-7-13/h2-3,8-9,12H,4-7H2,1H3. The van der Waals surface area contributed by atoms with Gasteiger partial charge in [-0.15, -0.1) is 23.1 Å². The van der Waals surface area contributed by atoms with Gasteiger partial charge in [-0.05, 0) is 18.4 Å². The smallest absolute Gasteiger partial charge is 0.235 e. The molecule has 1 atom stereocenters. The van der Waals surface area contributed by atoms with Crippen LogP contribution in [-0.2, 0) is 4.79 Å². The first-order valence-electron chi connectivity index (χ1n) is 5.47. The zero-order valence-electron chi connectivity index (χ0n) is 9.31. The molecule has 0 spiro atoms. The van der Waals surface area contributed by atoms with E-state index < -0.39 is 0 Å². The lowest BCUT2D eigenvalue weighted by molar-refractivity contribution is -0.130. The minimum absolute atomic E-state index is 0.0248. The summed E-state index contributed by atoms with van der Waals surface area (Å²) in [4.78, 5) is 14.1. The van der Waals surface area contributed by atoms with Crippen LogP contribution in [0.2, 0.25) is 0 Å². The Labute approximate surface area is 104 Å². The Morgan fingerprint density at radius 2 is 2.31 bits per heavy atom. The number of thioether (sulfide) groups is 1.